The van der Waals surface area contributed by atoms with Crippen molar-refractivity contribution >= 4 is 15.9 Å². The number of benzene rings is 1. The molecule has 0 saturated carbocycles. The number of ether oxygens (including phenoxy) is 1. The Hall–Kier alpha value is -0.540. The van der Waals surface area contributed by atoms with Crippen LogP contribution in [0.1, 0.15) is 19.4 Å². The van der Waals surface area contributed by atoms with E-state index in [2.05, 4.69) is 15.9 Å². The molecule has 2 nitrogen and oxygen atoms in total. The van der Waals surface area contributed by atoms with Gasteiger partial charge in [0.25, 0.3) is 0 Å². The number of methoxy groups -OCH3 is 1. The van der Waals surface area contributed by atoms with Crippen LogP contribution in [-0.4, -0.2) is 12.2 Å². The maximum Gasteiger partial charge on any atom is 0.126 e. The Morgan fingerprint density at radius 1 is 1.38 bits per heavy atom. The van der Waals surface area contributed by atoms with Crippen molar-refractivity contribution in [2.45, 2.75) is 19.4 Å². The lowest BCUT2D eigenvalue weighted by Gasteiger charge is -2.22. The molecular weight excluding hydrogens is 232 g/mol. The summed E-state index contributed by atoms with van der Waals surface area (Å²) >= 11 is 3.38. The Labute approximate surface area is 86.7 Å². The minimum absolute atomic E-state index is 0.696. The molecular formula is C10H13BrO2. The molecule has 0 heterocycles. The Morgan fingerprint density at radius 2 is 2.00 bits per heavy atom. The van der Waals surface area contributed by atoms with Gasteiger partial charge >= 0.3 is 0 Å². The zero-order chi connectivity index (χ0) is 10.1. The Balaban J connectivity index is 3.32. The van der Waals surface area contributed by atoms with Crippen molar-refractivity contribution in [2.75, 3.05) is 7.11 Å². The lowest BCUT2D eigenvalue weighted by atomic mass is 9.97. The Kier molecular flexibility index (Phi) is 2.98. The lowest BCUT2D eigenvalue weighted by molar-refractivity contribution is 0.0748. The summed E-state index contributed by atoms with van der Waals surface area (Å²) in [5.41, 5.74) is -0.122. The van der Waals surface area contributed by atoms with Gasteiger partial charge in [0.2, 0.25) is 0 Å². The number of aliphatic hydroxyl groups is 1. The first kappa shape index (κ1) is 10.5. The van der Waals surface area contributed by atoms with Crippen LogP contribution in [0.3, 0.4) is 0 Å². The van der Waals surface area contributed by atoms with Crippen LogP contribution in [0.25, 0.3) is 0 Å². The predicted molar refractivity (Wildman–Crippen MR) is 55.9 cm³/mol. The summed E-state index contributed by atoms with van der Waals surface area (Å²) in [6.07, 6.45) is 0. The molecule has 1 aromatic carbocycles. The fourth-order valence-corrected chi connectivity index (χ4v) is 2.10. The van der Waals surface area contributed by atoms with Gasteiger partial charge in [-0.3, -0.25) is 0 Å². The van der Waals surface area contributed by atoms with Crippen molar-refractivity contribution < 1.29 is 9.84 Å². The summed E-state index contributed by atoms with van der Waals surface area (Å²) in [6.45, 7) is 3.46. The fraction of sp³-hybridized carbons (Fsp3) is 0.400. The highest BCUT2D eigenvalue weighted by atomic mass is 79.9. The molecule has 0 fully saturated rings. The zero-order valence-corrected chi connectivity index (χ0v) is 9.55. The highest BCUT2D eigenvalue weighted by molar-refractivity contribution is 9.10. The first-order chi connectivity index (χ1) is 5.96. The second-order valence-corrected chi connectivity index (χ2v) is 4.23. The Bertz CT molecular complexity index is 302. The molecule has 1 aromatic rings. The molecule has 0 radical (unpaired) electrons. The molecule has 0 aliphatic carbocycles. The number of hydrogen-bond acceptors (Lipinski definition) is 2. The van der Waals surface area contributed by atoms with Gasteiger partial charge in [-0.25, -0.2) is 0 Å². The predicted octanol–water partition coefficient (Wildman–Crippen LogP) is 2.69. The van der Waals surface area contributed by atoms with Crippen LogP contribution in [0.4, 0.5) is 0 Å². The highest BCUT2D eigenvalue weighted by Gasteiger charge is 2.23. The number of halogens is 1. The van der Waals surface area contributed by atoms with Crippen LogP contribution in [0.2, 0.25) is 0 Å². The molecule has 0 aliphatic heterocycles. The van der Waals surface area contributed by atoms with E-state index in [-0.39, 0.29) is 0 Å². The van der Waals surface area contributed by atoms with Gasteiger partial charge in [-0.1, -0.05) is 22.0 Å². The smallest absolute Gasteiger partial charge is 0.126 e. The molecule has 0 unspecified atom stereocenters. The van der Waals surface area contributed by atoms with E-state index in [0.29, 0.717) is 5.75 Å². The van der Waals surface area contributed by atoms with Crippen LogP contribution in [0, 0.1) is 0 Å². The van der Waals surface area contributed by atoms with E-state index in [1.807, 2.05) is 18.2 Å². The number of hydrogen-bond donors (Lipinski definition) is 1. The van der Waals surface area contributed by atoms with E-state index in [9.17, 15) is 5.11 Å². The normalized spacial score (nSPS) is 11.5. The van der Waals surface area contributed by atoms with Gasteiger partial charge < -0.3 is 9.84 Å². The third kappa shape index (κ3) is 2.23. The molecule has 0 bridgehead atoms. The van der Waals surface area contributed by atoms with E-state index in [4.69, 9.17) is 4.74 Å². The van der Waals surface area contributed by atoms with Crippen LogP contribution >= 0.6 is 15.9 Å². The van der Waals surface area contributed by atoms with Crippen molar-refractivity contribution in [2.24, 2.45) is 0 Å². The van der Waals surface area contributed by atoms with Crippen molar-refractivity contribution in [1.82, 2.24) is 0 Å². The third-order valence-electron chi connectivity index (χ3n) is 1.81. The van der Waals surface area contributed by atoms with Crippen molar-refractivity contribution in [3.63, 3.8) is 0 Å². The maximum atomic E-state index is 9.87. The molecule has 1 rings (SSSR count). The van der Waals surface area contributed by atoms with Gasteiger partial charge in [-0.2, -0.15) is 0 Å². The van der Waals surface area contributed by atoms with Gasteiger partial charge in [0, 0.05) is 10.0 Å². The summed E-state index contributed by atoms with van der Waals surface area (Å²) in [6, 6.07) is 5.59. The van der Waals surface area contributed by atoms with Crippen molar-refractivity contribution in [3.8, 4) is 5.75 Å². The molecule has 0 aliphatic rings. The highest BCUT2D eigenvalue weighted by Crippen LogP contribution is 2.35. The van der Waals surface area contributed by atoms with E-state index in [1.165, 1.54) is 0 Å². The zero-order valence-electron chi connectivity index (χ0n) is 7.97. The van der Waals surface area contributed by atoms with Crippen molar-refractivity contribution in [1.29, 1.82) is 0 Å². The molecule has 0 aromatic heterocycles. The molecule has 0 spiro atoms. The van der Waals surface area contributed by atoms with Crippen LogP contribution in [0.15, 0.2) is 22.7 Å². The summed E-state index contributed by atoms with van der Waals surface area (Å²) in [7, 11) is 1.59. The molecule has 0 amide bonds. The second kappa shape index (κ2) is 3.68. The van der Waals surface area contributed by atoms with Crippen LogP contribution < -0.4 is 4.74 Å². The van der Waals surface area contributed by atoms with E-state index < -0.39 is 5.60 Å². The maximum absolute atomic E-state index is 9.87. The van der Waals surface area contributed by atoms with Gasteiger partial charge in [-0.05, 0) is 26.0 Å². The summed E-state index contributed by atoms with van der Waals surface area (Å²) in [5, 5.41) is 9.87. The minimum Gasteiger partial charge on any atom is -0.496 e. The summed E-state index contributed by atoms with van der Waals surface area (Å²) in [4.78, 5) is 0. The quantitative estimate of drug-likeness (QED) is 0.867. The van der Waals surface area contributed by atoms with Crippen LogP contribution in [-0.2, 0) is 5.60 Å². The molecule has 1 N–H and O–H groups in total. The fourth-order valence-electron chi connectivity index (χ4n) is 1.27. The standard InChI is InChI=1S/C10H13BrO2/c1-10(2,12)9-7(11)5-4-6-8(9)13-3/h4-6,12H,1-3H3. The summed E-state index contributed by atoms with van der Waals surface area (Å²) in [5.74, 6) is 0.696. The van der Waals surface area contributed by atoms with Gasteiger partial charge in [-0.15, -0.1) is 0 Å². The number of rotatable bonds is 2. The molecule has 13 heavy (non-hydrogen) atoms. The lowest BCUT2D eigenvalue weighted by Crippen LogP contribution is -2.17. The average molecular weight is 245 g/mol. The van der Waals surface area contributed by atoms with Gasteiger partial charge in [0.1, 0.15) is 5.75 Å². The van der Waals surface area contributed by atoms with E-state index >= 15 is 0 Å². The topological polar surface area (TPSA) is 29.5 Å². The van der Waals surface area contributed by atoms with Crippen molar-refractivity contribution in [3.05, 3.63) is 28.2 Å². The van der Waals surface area contributed by atoms with E-state index in [1.54, 1.807) is 21.0 Å². The molecule has 72 valence electrons. The molecule has 0 saturated heterocycles. The van der Waals surface area contributed by atoms with Gasteiger partial charge in [0.05, 0.1) is 12.7 Å². The average Bonchev–Trinajstić information content (AvgIpc) is 2.01. The van der Waals surface area contributed by atoms with Crippen LogP contribution in [0.5, 0.6) is 5.75 Å². The first-order valence-electron chi connectivity index (χ1n) is 4.02. The largest absolute Gasteiger partial charge is 0.496 e. The first-order valence-corrected chi connectivity index (χ1v) is 4.81. The third-order valence-corrected chi connectivity index (χ3v) is 2.47. The SMILES string of the molecule is COc1cccc(Br)c1C(C)(C)O. The molecule has 0 atom stereocenters. The van der Waals surface area contributed by atoms with E-state index in [0.717, 1.165) is 10.0 Å². The summed E-state index contributed by atoms with van der Waals surface area (Å²) < 4.78 is 6.02. The minimum atomic E-state index is -0.897. The monoisotopic (exact) mass is 244 g/mol. The second-order valence-electron chi connectivity index (χ2n) is 3.38. The van der Waals surface area contributed by atoms with Gasteiger partial charge in [0.15, 0.2) is 0 Å². The Morgan fingerprint density at radius 3 is 2.38 bits per heavy atom. The molecule has 3 heteroatoms.